The molecule has 1 aromatic heterocycles. The average Bonchev–Trinajstić information content (AvgIpc) is 3.16. The highest BCUT2D eigenvalue weighted by molar-refractivity contribution is 5.78. The lowest BCUT2D eigenvalue weighted by Crippen LogP contribution is -2.29. The van der Waals surface area contributed by atoms with E-state index in [-0.39, 0.29) is 24.7 Å². The van der Waals surface area contributed by atoms with Gasteiger partial charge in [0.1, 0.15) is 5.82 Å². The summed E-state index contributed by atoms with van der Waals surface area (Å²) in [5, 5.41) is 17.0. The maximum Gasteiger partial charge on any atom is 0.224 e. The third-order valence-corrected chi connectivity index (χ3v) is 3.82. The van der Waals surface area contributed by atoms with Gasteiger partial charge in [0, 0.05) is 18.9 Å². The van der Waals surface area contributed by atoms with Crippen LogP contribution in [0.3, 0.4) is 0 Å². The molecular weight excluding hydrogens is 321 g/mol. The minimum atomic E-state index is -0.802. The normalized spacial score (nSPS) is 11.9. The van der Waals surface area contributed by atoms with Gasteiger partial charge in [-0.3, -0.25) is 4.79 Å². The van der Waals surface area contributed by atoms with Crippen molar-refractivity contribution < 1.29 is 14.3 Å². The summed E-state index contributed by atoms with van der Waals surface area (Å²) in [5.74, 6) is -0.558. The summed E-state index contributed by atoms with van der Waals surface area (Å²) >= 11 is 0. The van der Waals surface area contributed by atoms with Crippen molar-refractivity contribution in [3.05, 3.63) is 83.9 Å². The van der Waals surface area contributed by atoms with Crippen molar-refractivity contribution in [2.75, 3.05) is 6.54 Å². The Balaban J connectivity index is 1.52. The Bertz CT molecular complexity index is 815. The van der Waals surface area contributed by atoms with Gasteiger partial charge in [0.25, 0.3) is 0 Å². The highest BCUT2D eigenvalue weighted by Gasteiger charge is 2.10. The van der Waals surface area contributed by atoms with Crippen LogP contribution in [-0.4, -0.2) is 27.3 Å². The van der Waals surface area contributed by atoms with Gasteiger partial charge in [-0.2, -0.15) is 5.10 Å². The third-order valence-electron chi connectivity index (χ3n) is 3.82. The van der Waals surface area contributed by atoms with Gasteiger partial charge in [-0.15, -0.1) is 0 Å². The molecule has 0 saturated carbocycles. The van der Waals surface area contributed by atoms with Gasteiger partial charge in [0.2, 0.25) is 5.91 Å². The quantitative estimate of drug-likeness (QED) is 0.725. The molecule has 0 aliphatic carbocycles. The number of aliphatic hydroxyl groups is 1. The lowest BCUT2D eigenvalue weighted by atomic mass is 10.1. The first kappa shape index (κ1) is 16.9. The molecule has 1 heterocycles. The van der Waals surface area contributed by atoms with Gasteiger partial charge in [-0.1, -0.05) is 24.3 Å². The lowest BCUT2D eigenvalue weighted by Gasteiger charge is -2.13. The van der Waals surface area contributed by atoms with E-state index in [4.69, 9.17) is 0 Å². The molecule has 1 atom stereocenters. The summed E-state index contributed by atoms with van der Waals surface area (Å²) in [5.41, 5.74) is 2.32. The largest absolute Gasteiger partial charge is 0.387 e. The van der Waals surface area contributed by atoms with E-state index in [1.807, 2.05) is 24.4 Å². The van der Waals surface area contributed by atoms with E-state index >= 15 is 0 Å². The smallest absolute Gasteiger partial charge is 0.224 e. The van der Waals surface area contributed by atoms with E-state index in [9.17, 15) is 14.3 Å². The predicted molar refractivity (Wildman–Crippen MR) is 91.6 cm³/mol. The number of amides is 1. The van der Waals surface area contributed by atoms with Crippen LogP contribution in [0.2, 0.25) is 0 Å². The topological polar surface area (TPSA) is 67.2 Å². The van der Waals surface area contributed by atoms with Crippen molar-refractivity contribution in [2.45, 2.75) is 12.5 Å². The van der Waals surface area contributed by atoms with Crippen molar-refractivity contribution in [3.63, 3.8) is 0 Å². The summed E-state index contributed by atoms with van der Waals surface area (Å²) < 4.78 is 14.6. The van der Waals surface area contributed by atoms with Gasteiger partial charge in [0.05, 0.1) is 18.2 Å². The Morgan fingerprint density at radius 3 is 2.52 bits per heavy atom. The molecular formula is C19H18FN3O2. The second-order valence-corrected chi connectivity index (χ2v) is 5.67. The molecule has 2 N–H and O–H groups in total. The molecule has 3 rings (SSSR count). The lowest BCUT2D eigenvalue weighted by molar-refractivity contribution is -0.120. The molecule has 3 aromatic rings. The van der Waals surface area contributed by atoms with Crippen molar-refractivity contribution in [2.24, 2.45) is 0 Å². The van der Waals surface area contributed by atoms with E-state index in [2.05, 4.69) is 10.4 Å². The van der Waals surface area contributed by atoms with E-state index in [0.717, 1.165) is 11.3 Å². The fraction of sp³-hybridized carbons (Fsp3) is 0.158. The molecule has 0 spiro atoms. The van der Waals surface area contributed by atoms with Crippen LogP contribution < -0.4 is 5.32 Å². The molecule has 1 amide bonds. The SMILES string of the molecule is O=C(Cc1ccc(F)cc1)NCC(O)c1ccc(-n2cccn2)cc1. The first-order valence-corrected chi connectivity index (χ1v) is 7.91. The first-order valence-electron chi connectivity index (χ1n) is 7.91. The number of benzene rings is 2. The second kappa shape index (κ2) is 7.72. The van der Waals surface area contributed by atoms with Crippen LogP contribution in [0.1, 0.15) is 17.2 Å². The van der Waals surface area contributed by atoms with Gasteiger partial charge in [-0.05, 0) is 41.5 Å². The fourth-order valence-electron chi connectivity index (χ4n) is 2.45. The highest BCUT2D eigenvalue weighted by atomic mass is 19.1. The fourth-order valence-corrected chi connectivity index (χ4v) is 2.45. The Morgan fingerprint density at radius 1 is 1.16 bits per heavy atom. The summed E-state index contributed by atoms with van der Waals surface area (Å²) in [6, 6.07) is 14.9. The number of aromatic nitrogens is 2. The predicted octanol–water partition coefficient (Wildman–Crippen LogP) is 2.40. The standard InChI is InChI=1S/C19H18FN3O2/c20-16-6-2-14(3-7-16)12-19(25)21-13-18(24)15-4-8-17(9-5-15)23-11-1-10-22-23/h1-11,18,24H,12-13H2,(H,21,25). The third kappa shape index (κ3) is 4.51. The summed E-state index contributed by atoms with van der Waals surface area (Å²) in [7, 11) is 0. The van der Waals surface area contributed by atoms with Crippen molar-refractivity contribution in [1.82, 2.24) is 15.1 Å². The number of nitrogens with zero attached hydrogens (tertiary/aromatic N) is 2. The molecule has 0 saturated heterocycles. The number of halogens is 1. The number of carbonyl (C=O) groups is 1. The number of rotatable bonds is 6. The van der Waals surface area contributed by atoms with Crippen LogP contribution in [0.5, 0.6) is 0 Å². The highest BCUT2D eigenvalue weighted by Crippen LogP contribution is 2.15. The molecule has 0 aliphatic heterocycles. The maximum atomic E-state index is 12.8. The van der Waals surface area contributed by atoms with Gasteiger partial charge < -0.3 is 10.4 Å². The Kier molecular flexibility index (Phi) is 5.20. The number of aliphatic hydroxyl groups excluding tert-OH is 1. The summed E-state index contributed by atoms with van der Waals surface area (Å²) in [6.45, 7) is 0.112. The zero-order chi connectivity index (χ0) is 17.6. The summed E-state index contributed by atoms with van der Waals surface area (Å²) in [4.78, 5) is 11.9. The van der Waals surface area contributed by atoms with Crippen molar-refractivity contribution in [1.29, 1.82) is 0 Å². The molecule has 5 nitrogen and oxygen atoms in total. The van der Waals surface area contributed by atoms with E-state index < -0.39 is 6.10 Å². The maximum absolute atomic E-state index is 12.8. The van der Waals surface area contributed by atoms with E-state index in [0.29, 0.717) is 5.56 Å². The van der Waals surface area contributed by atoms with Crippen LogP contribution in [0.4, 0.5) is 4.39 Å². The summed E-state index contributed by atoms with van der Waals surface area (Å²) in [6.07, 6.45) is 2.87. The molecule has 25 heavy (non-hydrogen) atoms. The van der Waals surface area contributed by atoms with Crippen LogP contribution >= 0.6 is 0 Å². The van der Waals surface area contributed by atoms with Crippen LogP contribution in [0.25, 0.3) is 5.69 Å². The number of hydrogen-bond donors (Lipinski definition) is 2. The minimum absolute atomic E-state index is 0.112. The van der Waals surface area contributed by atoms with Crippen molar-refractivity contribution >= 4 is 5.91 Å². The molecule has 0 fully saturated rings. The Hall–Kier alpha value is -2.99. The molecule has 0 bridgehead atoms. The van der Waals surface area contributed by atoms with Gasteiger partial charge >= 0.3 is 0 Å². The average molecular weight is 339 g/mol. The number of hydrogen-bond acceptors (Lipinski definition) is 3. The van der Waals surface area contributed by atoms with E-state index in [1.165, 1.54) is 12.1 Å². The molecule has 6 heteroatoms. The Morgan fingerprint density at radius 2 is 1.88 bits per heavy atom. The molecule has 128 valence electrons. The van der Waals surface area contributed by atoms with Crippen molar-refractivity contribution in [3.8, 4) is 5.69 Å². The van der Waals surface area contributed by atoms with E-state index in [1.54, 1.807) is 35.1 Å². The van der Waals surface area contributed by atoms with Crippen LogP contribution in [0, 0.1) is 5.82 Å². The minimum Gasteiger partial charge on any atom is -0.387 e. The number of nitrogens with one attached hydrogen (secondary N) is 1. The van der Waals surface area contributed by atoms with Crippen LogP contribution in [0.15, 0.2) is 67.0 Å². The number of carbonyl (C=O) groups excluding carboxylic acids is 1. The molecule has 0 radical (unpaired) electrons. The molecule has 2 aromatic carbocycles. The zero-order valence-electron chi connectivity index (χ0n) is 13.5. The first-order chi connectivity index (χ1) is 12.1. The van der Waals surface area contributed by atoms with Crippen LogP contribution in [-0.2, 0) is 11.2 Å². The monoisotopic (exact) mass is 339 g/mol. The zero-order valence-corrected chi connectivity index (χ0v) is 13.5. The van der Waals surface area contributed by atoms with Gasteiger partial charge in [0.15, 0.2) is 0 Å². The molecule has 0 aliphatic rings. The second-order valence-electron chi connectivity index (χ2n) is 5.67. The molecule has 1 unspecified atom stereocenters. The Labute approximate surface area is 144 Å². The van der Waals surface area contributed by atoms with Gasteiger partial charge in [-0.25, -0.2) is 9.07 Å².